The van der Waals surface area contributed by atoms with E-state index in [2.05, 4.69) is 39.5 Å². The van der Waals surface area contributed by atoms with Crippen molar-refractivity contribution in [1.82, 2.24) is 9.97 Å². The topological polar surface area (TPSA) is 51.8 Å². The molecule has 100 valence electrons. The van der Waals surface area contributed by atoms with Crippen LogP contribution in [0.15, 0.2) is 29.2 Å². The third-order valence-corrected chi connectivity index (χ3v) is 5.21. The third-order valence-electron chi connectivity index (χ3n) is 2.52. The van der Waals surface area contributed by atoms with Crippen LogP contribution in [-0.2, 0) is 12.2 Å². The number of nitrogen functional groups attached to an aromatic ring is 1. The standard InChI is InChI=1S/C13H13ClIN3S/c1-2-9-12(15)13(16)18-11(17-9)7-19-10-6-4-3-5-8(10)14/h3-6H,2,7H2,1H3,(H2,16,17,18). The number of nitrogens with two attached hydrogens (primary N) is 1. The van der Waals surface area contributed by atoms with Crippen LogP contribution in [0.1, 0.15) is 18.4 Å². The van der Waals surface area contributed by atoms with Gasteiger partial charge in [0.25, 0.3) is 0 Å². The van der Waals surface area contributed by atoms with Crippen LogP contribution < -0.4 is 5.73 Å². The molecule has 0 saturated heterocycles. The van der Waals surface area contributed by atoms with Gasteiger partial charge in [-0.2, -0.15) is 0 Å². The summed E-state index contributed by atoms with van der Waals surface area (Å²) in [5.41, 5.74) is 6.90. The Balaban J connectivity index is 2.16. The largest absolute Gasteiger partial charge is 0.383 e. The monoisotopic (exact) mass is 405 g/mol. The van der Waals surface area contributed by atoms with E-state index in [4.69, 9.17) is 17.3 Å². The molecule has 0 saturated carbocycles. The number of aromatic nitrogens is 2. The summed E-state index contributed by atoms with van der Waals surface area (Å²) in [6, 6.07) is 7.75. The van der Waals surface area contributed by atoms with Gasteiger partial charge in [0.05, 0.1) is 20.0 Å². The lowest BCUT2D eigenvalue weighted by Gasteiger charge is -2.08. The summed E-state index contributed by atoms with van der Waals surface area (Å²) in [7, 11) is 0. The molecular weight excluding hydrogens is 393 g/mol. The van der Waals surface area contributed by atoms with E-state index in [0.29, 0.717) is 11.6 Å². The quantitative estimate of drug-likeness (QED) is 0.613. The highest BCUT2D eigenvalue weighted by Crippen LogP contribution is 2.29. The Morgan fingerprint density at radius 1 is 1.32 bits per heavy atom. The number of halogens is 2. The fraction of sp³-hybridized carbons (Fsp3) is 0.231. The molecule has 0 atom stereocenters. The van der Waals surface area contributed by atoms with Crippen molar-refractivity contribution in [2.24, 2.45) is 0 Å². The number of benzene rings is 1. The maximum Gasteiger partial charge on any atom is 0.141 e. The van der Waals surface area contributed by atoms with Gasteiger partial charge in [-0.1, -0.05) is 30.7 Å². The van der Waals surface area contributed by atoms with Gasteiger partial charge < -0.3 is 5.73 Å². The molecule has 3 nitrogen and oxygen atoms in total. The molecule has 0 amide bonds. The summed E-state index contributed by atoms with van der Waals surface area (Å²) in [5.74, 6) is 1.97. The van der Waals surface area contributed by atoms with Crippen molar-refractivity contribution in [2.75, 3.05) is 5.73 Å². The number of rotatable bonds is 4. The Bertz CT molecular complexity index is 592. The summed E-state index contributed by atoms with van der Waals surface area (Å²) >= 11 is 9.93. The molecule has 0 bridgehead atoms. The molecular formula is C13H13ClIN3S. The number of hydrogen-bond acceptors (Lipinski definition) is 4. The number of anilines is 1. The highest BCUT2D eigenvalue weighted by atomic mass is 127. The van der Waals surface area contributed by atoms with E-state index in [-0.39, 0.29) is 0 Å². The molecule has 0 spiro atoms. The molecule has 0 fully saturated rings. The number of nitrogens with zero attached hydrogens (tertiary/aromatic N) is 2. The van der Waals surface area contributed by atoms with Gasteiger partial charge in [-0.25, -0.2) is 9.97 Å². The van der Waals surface area contributed by atoms with Crippen molar-refractivity contribution in [2.45, 2.75) is 24.0 Å². The van der Waals surface area contributed by atoms with Gasteiger partial charge in [0.2, 0.25) is 0 Å². The van der Waals surface area contributed by atoms with E-state index < -0.39 is 0 Å². The molecule has 0 radical (unpaired) electrons. The predicted octanol–water partition coefficient (Wildman–Crippen LogP) is 4.17. The van der Waals surface area contributed by atoms with Crippen molar-refractivity contribution in [3.63, 3.8) is 0 Å². The van der Waals surface area contributed by atoms with Gasteiger partial charge >= 0.3 is 0 Å². The minimum absolute atomic E-state index is 0.558. The SMILES string of the molecule is CCc1nc(CSc2ccccc2Cl)nc(N)c1I. The molecule has 2 N–H and O–H groups in total. The second-order valence-electron chi connectivity index (χ2n) is 3.86. The van der Waals surface area contributed by atoms with Crippen LogP contribution in [0, 0.1) is 3.57 Å². The second kappa shape index (κ2) is 6.76. The summed E-state index contributed by atoms with van der Waals surface area (Å²) in [4.78, 5) is 9.89. The maximum atomic E-state index is 6.12. The van der Waals surface area contributed by atoms with E-state index in [1.54, 1.807) is 11.8 Å². The van der Waals surface area contributed by atoms with Crippen LogP contribution in [0.5, 0.6) is 0 Å². The first kappa shape index (κ1) is 14.9. The molecule has 1 heterocycles. The minimum atomic E-state index is 0.558. The van der Waals surface area contributed by atoms with Crippen molar-refractivity contribution in [3.8, 4) is 0 Å². The van der Waals surface area contributed by atoms with E-state index in [1.165, 1.54) is 0 Å². The Morgan fingerprint density at radius 2 is 2.05 bits per heavy atom. The van der Waals surface area contributed by atoms with Crippen molar-refractivity contribution < 1.29 is 0 Å². The van der Waals surface area contributed by atoms with Crippen molar-refractivity contribution in [3.05, 3.63) is 44.4 Å². The fourth-order valence-electron chi connectivity index (χ4n) is 1.57. The van der Waals surface area contributed by atoms with Gasteiger partial charge in [0, 0.05) is 4.90 Å². The van der Waals surface area contributed by atoms with Crippen LogP contribution in [0.2, 0.25) is 5.02 Å². The normalized spacial score (nSPS) is 10.7. The highest BCUT2D eigenvalue weighted by molar-refractivity contribution is 14.1. The van der Waals surface area contributed by atoms with Crippen molar-refractivity contribution >= 4 is 51.8 Å². The van der Waals surface area contributed by atoms with Crippen molar-refractivity contribution in [1.29, 1.82) is 0 Å². The Morgan fingerprint density at radius 3 is 2.74 bits per heavy atom. The molecule has 19 heavy (non-hydrogen) atoms. The lowest BCUT2D eigenvalue weighted by molar-refractivity contribution is 0.933. The van der Waals surface area contributed by atoms with Crippen LogP contribution >= 0.6 is 46.0 Å². The van der Waals surface area contributed by atoms with Gasteiger partial charge in [-0.3, -0.25) is 0 Å². The summed E-state index contributed by atoms with van der Waals surface area (Å²) < 4.78 is 0.951. The molecule has 1 aromatic carbocycles. The molecule has 6 heteroatoms. The first-order chi connectivity index (χ1) is 9.11. The Hall–Kier alpha value is -0.530. The third kappa shape index (κ3) is 3.73. The first-order valence-electron chi connectivity index (χ1n) is 5.80. The molecule has 0 unspecified atom stereocenters. The van der Waals surface area contributed by atoms with E-state index in [0.717, 1.165) is 31.4 Å². The van der Waals surface area contributed by atoms with Gasteiger partial charge in [-0.15, -0.1) is 11.8 Å². The van der Waals surface area contributed by atoms with Crippen LogP contribution in [0.4, 0.5) is 5.82 Å². The molecule has 2 aromatic rings. The Labute approximate surface area is 135 Å². The average Bonchev–Trinajstić information content (AvgIpc) is 2.41. The Kier molecular flexibility index (Phi) is 5.29. The highest BCUT2D eigenvalue weighted by Gasteiger charge is 2.09. The van der Waals surface area contributed by atoms with Gasteiger partial charge in [-0.05, 0) is 41.1 Å². The van der Waals surface area contributed by atoms with Crippen LogP contribution in [0.25, 0.3) is 0 Å². The molecule has 0 aliphatic carbocycles. The first-order valence-corrected chi connectivity index (χ1v) is 8.24. The molecule has 0 aliphatic heterocycles. The summed E-state index contributed by atoms with van der Waals surface area (Å²) in [6.45, 7) is 2.06. The smallest absolute Gasteiger partial charge is 0.141 e. The lowest BCUT2D eigenvalue weighted by Crippen LogP contribution is -2.06. The number of thioether (sulfide) groups is 1. The molecule has 1 aromatic heterocycles. The van der Waals surface area contributed by atoms with E-state index in [9.17, 15) is 0 Å². The van der Waals surface area contributed by atoms with Crippen LogP contribution in [0.3, 0.4) is 0 Å². The van der Waals surface area contributed by atoms with Gasteiger partial charge in [0.1, 0.15) is 11.6 Å². The zero-order chi connectivity index (χ0) is 13.8. The molecule has 2 rings (SSSR count). The number of hydrogen-bond donors (Lipinski definition) is 1. The zero-order valence-electron chi connectivity index (χ0n) is 10.4. The summed E-state index contributed by atoms with van der Waals surface area (Å²) in [6.07, 6.45) is 0.856. The van der Waals surface area contributed by atoms with E-state index in [1.807, 2.05) is 24.3 Å². The summed E-state index contributed by atoms with van der Waals surface area (Å²) in [5, 5.41) is 0.752. The molecule has 0 aliphatic rings. The number of aryl methyl sites for hydroxylation is 1. The maximum absolute atomic E-state index is 6.12. The lowest BCUT2D eigenvalue weighted by atomic mass is 10.3. The predicted molar refractivity (Wildman–Crippen MR) is 89.6 cm³/mol. The van der Waals surface area contributed by atoms with E-state index >= 15 is 0 Å². The average molecular weight is 406 g/mol. The second-order valence-corrected chi connectivity index (χ2v) is 6.36. The minimum Gasteiger partial charge on any atom is -0.383 e. The van der Waals surface area contributed by atoms with Gasteiger partial charge in [0.15, 0.2) is 0 Å². The fourth-order valence-corrected chi connectivity index (χ4v) is 3.29. The zero-order valence-corrected chi connectivity index (χ0v) is 14.1. The van der Waals surface area contributed by atoms with Crippen LogP contribution in [-0.4, -0.2) is 9.97 Å².